The lowest BCUT2D eigenvalue weighted by Crippen LogP contribution is -2.67. The molecule has 1 aliphatic heterocycles. The number of nitrogens with one attached hydrogen (secondary N) is 2. The summed E-state index contributed by atoms with van der Waals surface area (Å²) >= 11 is 0. The number of piperazine rings is 1. The van der Waals surface area contributed by atoms with Crippen LogP contribution in [0.4, 0.5) is 10.1 Å². The van der Waals surface area contributed by atoms with Crippen LogP contribution in [-0.2, 0) is 27.2 Å². The van der Waals surface area contributed by atoms with Gasteiger partial charge in [-0.25, -0.2) is 4.39 Å². The van der Waals surface area contributed by atoms with Crippen LogP contribution in [0.15, 0.2) is 42.5 Å². The molecule has 7 nitrogen and oxygen atoms in total. The summed E-state index contributed by atoms with van der Waals surface area (Å²) in [7, 11) is 3.48. The number of anilines is 1. The Bertz CT molecular complexity index is 1190. The summed E-state index contributed by atoms with van der Waals surface area (Å²) in [5.74, 6) is -1.52. The largest absolute Gasteiger partial charge is 0.375 e. The van der Waals surface area contributed by atoms with Gasteiger partial charge in [0, 0.05) is 20.1 Å². The summed E-state index contributed by atoms with van der Waals surface area (Å²) in [5, 5.41) is 5.91. The molecule has 2 aromatic carbocycles. The highest BCUT2D eigenvalue weighted by atomic mass is 19.1. The molecule has 1 heterocycles. The molecule has 4 rings (SSSR count). The first-order valence-electron chi connectivity index (χ1n) is 13.4. The number of halogens is 1. The van der Waals surface area contributed by atoms with Gasteiger partial charge in [0.1, 0.15) is 23.9 Å². The second-order valence-electron chi connectivity index (χ2n) is 11.5. The van der Waals surface area contributed by atoms with Crippen LogP contribution >= 0.6 is 0 Å². The smallest absolute Gasteiger partial charge is 0.247 e. The maximum atomic E-state index is 15.2. The molecular formula is C30H39FN4O3. The molecule has 0 radical (unpaired) electrons. The van der Waals surface area contributed by atoms with E-state index in [1.807, 2.05) is 39.8 Å². The molecule has 2 N–H and O–H groups in total. The van der Waals surface area contributed by atoms with Crippen molar-refractivity contribution in [3.63, 3.8) is 0 Å². The molecule has 2 aromatic rings. The second-order valence-corrected chi connectivity index (χ2v) is 11.5. The fourth-order valence-electron chi connectivity index (χ4n) is 5.73. The van der Waals surface area contributed by atoms with Crippen LogP contribution in [0.5, 0.6) is 0 Å². The van der Waals surface area contributed by atoms with E-state index in [0.29, 0.717) is 30.5 Å². The third-order valence-corrected chi connectivity index (χ3v) is 7.43. The molecule has 0 bridgehead atoms. The lowest BCUT2D eigenvalue weighted by molar-refractivity contribution is -0.158. The average molecular weight is 523 g/mol. The van der Waals surface area contributed by atoms with Crippen LogP contribution in [0.3, 0.4) is 0 Å². The molecule has 1 saturated heterocycles. The van der Waals surface area contributed by atoms with Crippen molar-refractivity contribution in [2.75, 3.05) is 19.0 Å². The van der Waals surface area contributed by atoms with Crippen LogP contribution < -0.4 is 15.5 Å². The van der Waals surface area contributed by atoms with Crippen molar-refractivity contribution in [3.8, 4) is 0 Å². The van der Waals surface area contributed by atoms with E-state index in [1.54, 1.807) is 31.1 Å². The van der Waals surface area contributed by atoms with Gasteiger partial charge in [-0.1, -0.05) is 44.2 Å². The second kappa shape index (κ2) is 11.1. The number of benzene rings is 2. The number of fused-ring (bicyclic) bond motifs is 1. The van der Waals surface area contributed by atoms with Gasteiger partial charge < -0.3 is 20.4 Å². The third kappa shape index (κ3) is 5.54. The Hall–Kier alpha value is -3.42. The molecule has 3 amide bonds. The monoisotopic (exact) mass is 522 g/mol. The zero-order valence-electron chi connectivity index (χ0n) is 23.1. The normalized spacial score (nSPS) is 20.5. The number of carbonyl (C=O) groups is 3. The van der Waals surface area contributed by atoms with E-state index in [0.717, 1.165) is 0 Å². The van der Waals surface area contributed by atoms with Crippen molar-refractivity contribution in [3.05, 3.63) is 65.0 Å². The van der Waals surface area contributed by atoms with Gasteiger partial charge in [-0.15, -0.1) is 0 Å². The summed E-state index contributed by atoms with van der Waals surface area (Å²) in [6, 6.07) is 9.71. The molecule has 3 atom stereocenters. The van der Waals surface area contributed by atoms with Gasteiger partial charge in [-0.3, -0.25) is 14.4 Å². The first-order valence-corrected chi connectivity index (χ1v) is 13.4. The Morgan fingerprint density at radius 3 is 2.24 bits per heavy atom. The van der Waals surface area contributed by atoms with Crippen LogP contribution in [-0.4, -0.2) is 54.8 Å². The molecule has 1 aliphatic carbocycles. The molecule has 8 heteroatoms. The molecule has 0 spiro atoms. The highest BCUT2D eigenvalue weighted by Crippen LogP contribution is 2.36. The van der Waals surface area contributed by atoms with E-state index >= 15 is 4.39 Å². The third-order valence-electron chi connectivity index (χ3n) is 7.43. The molecule has 38 heavy (non-hydrogen) atoms. The zero-order valence-corrected chi connectivity index (χ0v) is 23.1. The van der Waals surface area contributed by atoms with Crippen molar-refractivity contribution in [1.82, 2.24) is 15.5 Å². The van der Waals surface area contributed by atoms with Crippen molar-refractivity contribution in [2.45, 2.75) is 71.1 Å². The van der Waals surface area contributed by atoms with Gasteiger partial charge in [0.25, 0.3) is 0 Å². The zero-order chi connectivity index (χ0) is 27.7. The van der Waals surface area contributed by atoms with E-state index in [9.17, 15) is 14.4 Å². The Morgan fingerprint density at radius 2 is 1.71 bits per heavy atom. The number of hydrogen-bond donors (Lipinski definition) is 2. The number of nitrogens with zero attached hydrogens (tertiary/aromatic N) is 2. The van der Waals surface area contributed by atoms with Crippen LogP contribution in [0.25, 0.3) is 0 Å². The minimum Gasteiger partial charge on any atom is -0.375 e. The van der Waals surface area contributed by atoms with E-state index in [4.69, 9.17) is 0 Å². The molecule has 204 valence electrons. The Kier molecular flexibility index (Phi) is 8.09. The maximum Gasteiger partial charge on any atom is 0.247 e. The number of hydrogen-bond acceptors (Lipinski definition) is 4. The van der Waals surface area contributed by atoms with Gasteiger partial charge in [-0.05, 0) is 73.8 Å². The van der Waals surface area contributed by atoms with Gasteiger partial charge in [0.15, 0.2) is 0 Å². The predicted molar refractivity (Wildman–Crippen MR) is 146 cm³/mol. The standard InChI is InChI=1S/C30H39FN4O3/c1-17(2)13-25-28(36)33-26(22-14-19-9-7-8-10-20(19)15-22)30(38)35(25)27(29(37)32-18(3)4)21-11-12-24(34(5)6)23(31)16-21/h7-12,16-18,22,25-27H,13-15H2,1-6H3,(H,32,37)(H,33,36)/t25-,26?,27-/m1/s1. The van der Waals surface area contributed by atoms with Crippen LogP contribution in [0, 0.1) is 17.7 Å². The quantitative estimate of drug-likeness (QED) is 0.555. The number of amides is 3. The first-order chi connectivity index (χ1) is 18.0. The van der Waals surface area contributed by atoms with E-state index in [2.05, 4.69) is 22.8 Å². The summed E-state index contributed by atoms with van der Waals surface area (Å²) in [6.07, 6.45) is 1.73. The minimum absolute atomic E-state index is 0.0926. The van der Waals surface area contributed by atoms with Crippen LogP contribution in [0.2, 0.25) is 0 Å². The van der Waals surface area contributed by atoms with E-state index in [1.165, 1.54) is 22.1 Å². The van der Waals surface area contributed by atoms with Gasteiger partial charge in [0.05, 0.1) is 5.69 Å². The fraction of sp³-hybridized carbons (Fsp3) is 0.500. The lowest BCUT2D eigenvalue weighted by atomic mass is 9.87. The van der Waals surface area contributed by atoms with Crippen LogP contribution in [0.1, 0.15) is 56.8 Å². The van der Waals surface area contributed by atoms with Crippen molar-refractivity contribution in [2.24, 2.45) is 11.8 Å². The summed E-state index contributed by atoms with van der Waals surface area (Å²) in [5.41, 5.74) is 3.06. The van der Waals surface area contributed by atoms with Crippen molar-refractivity contribution in [1.29, 1.82) is 0 Å². The summed E-state index contributed by atoms with van der Waals surface area (Å²) in [4.78, 5) is 44.7. The highest BCUT2D eigenvalue weighted by molar-refractivity contribution is 6.00. The van der Waals surface area contributed by atoms with E-state index in [-0.39, 0.29) is 29.7 Å². The maximum absolute atomic E-state index is 15.2. The summed E-state index contributed by atoms with van der Waals surface area (Å²) in [6.45, 7) is 7.62. The Balaban J connectivity index is 1.78. The minimum atomic E-state index is -1.14. The number of carbonyl (C=O) groups excluding carboxylic acids is 3. The topological polar surface area (TPSA) is 81.8 Å². The predicted octanol–water partition coefficient (Wildman–Crippen LogP) is 3.61. The molecule has 2 aliphatic rings. The lowest BCUT2D eigenvalue weighted by Gasteiger charge is -2.45. The fourth-order valence-corrected chi connectivity index (χ4v) is 5.73. The van der Waals surface area contributed by atoms with Crippen molar-refractivity contribution >= 4 is 23.4 Å². The molecular weight excluding hydrogens is 483 g/mol. The molecule has 0 aromatic heterocycles. The average Bonchev–Trinajstić information content (AvgIpc) is 3.26. The Labute approximate surface area is 224 Å². The van der Waals surface area contributed by atoms with Crippen molar-refractivity contribution < 1.29 is 18.8 Å². The Morgan fingerprint density at radius 1 is 1.08 bits per heavy atom. The first kappa shape index (κ1) is 27.6. The number of rotatable bonds is 8. The van der Waals surface area contributed by atoms with Gasteiger partial charge >= 0.3 is 0 Å². The molecule has 1 fully saturated rings. The SMILES string of the molecule is CC(C)C[C@@H]1C(=O)NC(C2Cc3ccccc3C2)C(=O)N1[C@@H](C(=O)NC(C)C)c1ccc(N(C)C)c(F)c1. The summed E-state index contributed by atoms with van der Waals surface area (Å²) < 4.78 is 15.2. The molecule has 1 unspecified atom stereocenters. The van der Waals surface area contributed by atoms with Gasteiger partial charge in [-0.2, -0.15) is 0 Å². The molecule has 0 saturated carbocycles. The van der Waals surface area contributed by atoms with Gasteiger partial charge in [0.2, 0.25) is 17.7 Å². The highest BCUT2D eigenvalue weighted by Gasteiger charge is 2.49. The van der Waals surface area contributed by atoms with E-state index < -0.39 is 29.8 Å².